The van der Waals surface area contributed by atoms with E-state index < -0.39 is 0 Å². The molecule has 2 aliphatic heterocycles. The van der Waals surface area contributed by atoms with Crippen LogP contribution in [0.4, 0.5) is 11.4 Å². The molecule has 2 saturated heterocycles. The Morgan fingerprint density at radius 1 is 0.607 bits per heavy atom. The summed E-state index contributed by atoms with van der Waals surface area (Å²) in [4.78, 5) is 4.80. The lowest BCUT2D eigenvalue weighted by molar-refractivity contribution is 0.122. The fourth-order valence-corrected chi connectivity index (χ4v) is 3.72. The second-order valence-electron chi connectivity index (χ2n) is 7.32. The summed E-state index contributed by atoms with van der Waals surface area (Å²) in [5, 5.41) is 8.39. The van der Waals surface area contributed by atoms with Crippen LogP contribution < -0.4 is 9.80 Å². The molecule has 2 aromatic carbocycles. The molecule has 0 unspecified atom stereocenters. The van der Waals surface area contributed by atoms with Crippen LogP contribution in [0.25, 0.3) is 0 Å². The highest BCUT2D eigenvalue weighted by atomic mass is 16.5. The van der Waals surface area contributed by atoms with Gasteiger partial charge in [-0.15, -0.1) is 0 Å². The van der Waals surface area contributed by atoms with Gasteiger partial charge in [-0.05, 0) is 54.7 Å². The summed E-state index contributed by atoms with van der Waals surface area (Å²) in [6.07, 6.45) is 7.55. The van der Waals surface area contributed by atoms with Crippen molar-refractivity contribution < 1.29 is 4.74 Å². The molecule has 2 heterocycles. The molecular weight excluding hydrogens is 348 g/mol. The first kappa shape index (κ1) is 18.7. The van der Waals surface area contributed by atoms with Crippen LogP contribution >= 0.6 is 0 Å². The molecule has 28 heavy (non-hydrogen) atoms. The molecular formula is C23H28N4O. The van der Waals surface area contributed by atoms with Crippen molar-refractivity contribution in [1.29, 1.82) is 0 Å². The summed E-state index contributed by atoms with van der Waals surface area (Å²) in [5.41, 5.74) is 4.66. The van der Waals surface area contributed by atoms with Crippen LogP contribution in [0, 0.1) is 0 Å². The Kier molecular flexibility index (Phi) is 6.35. The Bertz CT molecular complexity index is 717. The third-order valence-electron chi connectivity index (χ3n) is 5.36. The van der Waals surface area contributed by atoms with Gasteiger partial charge in [0.05, 0.1) is 25.6 Å². The normalized spacial score (nSPS) is 18.3. The minimum Gasteiger partial charge on any atom is -0.378 e. The maximum Gasteiger partial charge on any atom is 0.0642 e. The number of ether oxygens (including phenoxy) is 1. The van der Waals surface area contributed by atoms with Gasteiger partial charge in [0.1, 0.15) is 0 Å². The van der Waals surface area contributed by atoms with E-state index in [4.69, 9.17) is 4.74 Å². The Balaban J connectivity index is 1.30. The predicted molar refractivity (Wildman–Crippen MR) is 117 cm³/mol. The molecule has 0 bridgehead atoms. The zero-order valence-corrected chi connectivity index (χ0v) is 16.3. The van der Waals surface area contributed by atoms with Crippen LogP contribution in [0.5, 0.6) is 0 Å². The number of anilines is 2. The topological polar surface area (TPSA) is 40.4 Å². The summed E-state index contributed by atoms with van der Waals surface area (Å²) < 4.78 is 5.40. The summed E-state index contributed by atoms with van der Waals surface area (Å²) in [7, 11) is 0. The highest BCUT2D eigenvalue weighted by Crippen LogP contribution is 2.20. The van der Waals surface area contributed by atoms with E-state index in [0.717, 1.165) is 37.4 Å². The van der Waals surface area contributed by atoms with Crippen molar-refractivity contribution >= 4 is 23.8 Å². The Labute approximate surface area is 167 Å². The molecule has 2 fully saturated rings. The standard InChI is InChI=1S/C23H28N4O/c1-2-12-26(13-3-1)22-8-4-20(5-9-22)18-24-25-19-21-6-10-23(11-7-21)27-14-16-28-17-15-27/h4-11,18-19H,1-3,12-17H2/b24-18+,25-19+. The van der Waals surface area contributed by atoms with Crippen LogP contribution in [0.15, 0.2) is 58.7 Å². The number of piperidine rings is 1. The molecule has 5 nitrogen and oxygen atoms in total. The first-order valence-electron chi connectivity index (χ1n) is 10.2. The van der Waals surface area contributed by atoms with Crippen molar-refractivity contribution in [2.24, 2.45) is 10.2 Å². The summed E-state index contributed by atoms with van der Waals surface area (Å²) >= 11 is 0. The van der Waals surface area contributed by atoms with Crippen molar-refractivity contribution in [3.05, 3.63) is 59.7 Å². The number of morpholine rings is 1. The lowest BCUT2D eigenvalue weighted by Gasteiger charge is -2.28. The van der Waals surface area contributed by atoms with E-state index in [2.05, 4.69) is 68.5 Å². The zero-order chi connectivity index (χ0) is 19.0. The maximum atomic E-state index is 5.40. The van der Waals surface area contributed by atoms with Crippen LogP contribution in [-0.4, -0.2) is 51.8 Å². The third kappa shape index (κ3) is 4.98. The lowest BCUT2D eigenvalue weighted by Crippen LogP contribution is -2.36. The predicted octanol–water partition coefficient (Wildman–Crippen LogP) is 3.97. The van der Waals surface area contributed by atoms with Crippen LogP contribution in [0.3, 0.4) is 0 Å². The van der Waals surface area contributed by atoms with E-state index in [1.54, 1.807) is 12.4 Å². The second-order valence-corrected chi connectivity index (χ2v) is 7.32. The highest BCUT2D eigenvalue weighted by Gasteiger charge is 2.11. The van der Waals surface area contributed by atoms with E-state index in [1.165, 1.54) is 43.7 Å². The summed E-state index contributed by atoms with van der Waals surface area (Å²) in [6, 6.07) is 17.0. The van der Waals surface area contributed by atoms with Gasteiger partial charge in [-0.25, -0.2) is 0 Å². The van der Waals surface area contributed by atoms with Gasteiger partial charge in [0, 0.05) is 37.6 Å². The van der Waals surface area contributed by atoms with Crippen LogP contribution in [-0.2, 0) is 4.74 Å². The second kappa shape index (κ2) is 9.51. The summed E-state index contributed by atoms with van der Waals surface area (Å²) in [5.74, 6) is 0. The number of benzene rings is 2. The molecule has 146 valence electrons. The zero-order valence-electron chi connectivity index (χ0n) is 16.3. The smallest absolute Gasteiger partial charge is 0.0642 e. The van der Waals surface area contributed by atoms with Crippen molar-refractivity contribution in [1.82, 2.24) is 0 Å². The Morgan fingerprint density at radius 2 is 1.07 bits per heavy atom. The molecule has 2 aliphatic rings. The molecule has 5 heteroatoms. The molecule has 0 atom stereocenters. The largest absolute Gasteiger partial charge is 0.378 e. The fraction of sp³-hybridized carbons (Fsp3) is 0.391. The van der Waals surface area contributed by atoms with Crippen molar-refractivity contribution in [3.8, 4) is 0 Å². The van der Waals surface area contributed by atoms with Gasteiger partial charge in [-0.3, -0.25) is 0 Å². The third-order valence-corrected chi connectivity index (χ3v) is 5.36. The van der Waals surface area contributed by atoms with Gasteiger partial charge in [0.2, 0.25) is 0 Å². The minimum atomic E-state index is 0.803. The molecule has 0 N–H and O–H groups in total. The Hall–Kier alpha value is -2.66. The highest BCUT2D eigenvalue weighted by molar-refractivity contribution is 5.83. The molecule has 0 aromatic heterocycles. The summed E-state index contributed by atoms with van der Waals surface area (Å²) in [6.45, 7) is 5.85. The van der Waals surface area contributed by atoms with Crippen LogP contribution in [0.2, 0.25) is 0 Å². The SMILES string of the molecule is C(=N\N=C\c1ccc(N2CCOCC2)cc1)/c1ccc(N2CCCCC2)cc1. The van der Waals surface area contributed by atoms with Crippen LogP contribution in [0.1, 0.15) is 30.4 Å². The van der Waals surface area contributed by atoms with E-state index in [0.29, 0.717) is 0 Å². The van der Waals surface area contributed by atoms with E-state index in [1.807, 2.05) is 0 Å². The van der Waals surface area contributed by atoms with Gasteiger partial charge in [-0.1, -0.05) is 24.3 Å². The van der Waals surface area contributed by atoms with E-state index >= 15 is 0 Å². The van der Waals surface area contributed by atoms with Crippen molar-refractivity contribution in [2.45, 2.75) is 19.3 Å². The van der Waals surface area contributed by atoms with Gasteiger partial charge < -0.3 is 14.5 Å². The number of nitrogens with zero attached hydrogens (tertiary/aromatic N) is 4. The van der Waals surface area contributed by atoms with Gasteiger partial charge >= 0.3 is 0 Å². The average Bonchev–Trinajstić information content (AvgIpc) is 2.79. The molecule has 2 aromatic rings. The number of hydrogen-bond donors (Lipinski definition) is 0. The molecule has 0 radical (unpaired) electrons. The quantitative estimate of drug-likeness (QED) is 0.586. The van der Waals surface area contributed by atoms with Crippen molar-refractivity contribution in [2.75, 3.05) is 49.2 Å². The number of hydrogen-bond acceptors (Lipinski definition) is 5. The molecule has 0 spiro atoms. The van der Waals surface area contributed by atoms with Gasteiger partial charge in [0.25, 0.3) is 0 Å². The first-order chi connectivity index (χ1) is 13.9. The lowest BCUT2D eigenvalue weighted by atomic mass is 10.1. The average molecular weight is 377 g/mol. The van der Waals surface area contributed by atoms with Crippen molar-refractivity contribution in [3.63, 3.8) is 0 Å². The Morgan fingerprint density at radius 3 is 1.57 bits per heavy atom. The fourth-order valence-electron chi connectivity index (χ4n) is 3.72. The van der Waals surface area contributed by atoms with E-state index in [9.17, 15) is 0 Å². The molecule has 4 rings (SSSR count). The first-order valence-corrected chi connectivity index (χ1v) is 10.2. The molecule has 0 aliphatic carbocycles. The van der Waals surface area contributed by atoms with Gasteiger partial charge in [0.15, 0.2) is 0 Å². The molecule has 0 saturated carbocycles. The van der Waals surface area contributed by atoms with E-state index in [-0.39, 0.29) is 0 Å². The monoisotopic (exact) mass is 376 g/mol. The minimum absolute atomic E-state index is 0.803. The maximum absolute atomic E-state index is 5.40. The van der Waals surface area contributed by atoms with Gasteiger partial charge in [-0.2, -0.15) is 10.2 Å². The molecule has 0 amide bonds. The number of rotatable bonds is 5.